The van der Waals surface area contributed by atoms with E-state index in [1.54, 1.807) is 11.1 Å². The van der Waals surface area contributed by atoms with Crippen molar-refractivity contribution in [3.05, 3.63) is 76.1 Å². The van der Waals surface area contributed by atoms with Gasteiger partial charge in [-0.1, -0.05) is 15.9 Å². The quantitative estimate of drug-likeness (QED) is 0.222. The Kier molecular flexibility index (Phi) is 14.0. The van der Waals surface area contributed by atoms with Crippen LogP contribution in [0.3, 0.4) is 0 Å². The van der Waals surface area contributed by atoms with E-state index in [-0.39, 0.29) is 23.4 Å². The van der Waals surface area contributed by atoms with Crippen molar-refractivity contribution >= 4 is 35.2 Å². The highest BCUT2D eigenvalue weighted by atomic mass is 79.9. The average Bonchev–Trinajstić information content (AvgIpc) is 3.24. The first-order valence-corrected chi connectivity index (χ1v) is 18.2. The van der Waals surface area contributed by atoms with Crippen molar-refractivity contribution in [2.45, 2.75) is 124 Å². The number of pyridine rings is 2. The third-order valence-electron chi connectivity index (χ3n) is 8.77. The lowest BCUT2D eigenvalue weighted by Crippen LogP contribution is -2.44. The SMILES string of the molecule is CC(C)(C)OC(=O)N1CC=C[C+](B2OC(C)(C)C(C)(C)O2)C1.Cc1cnccc1Br.Cc1cnccc1C1CCCN(C(=O)OC(C)(C)C)C1. The molecule has 0 aliphatic carbocycles. The molecule has 274 valence electrons. The number of carbonyl (C=O) groups is 2. The van der Waals surface area contributed by atoms with Crippen LogP contribution in [0, 0.1) is 19.7 Å². The molecular formula is C38H57BBrN4O6+. The van der Waals surface area contributed by atoms with Crippen LogP contribution in [0.1, 0.15) is 105 Å². The first-order valence-electron chi connectivity index (χ1n) is 17.4. The molecule has 2 amide bonds. The Morgan fingerprint density at radius 3 is 1.94 bits per heavy atom. The van der Waals surface area contributed by atoms with Crippen LogP contribution in [0.5, 0.6) is 0 Å². The molecule has 2 saturated heterocycles. The number of hydrogen-bond donors (Lipinski definition) is 0. The predicted molar refractivity (Wildman–Crippen MR) is 202 cm³/mol. The van der Waals surface area contributed by atoms with Crippen LogP contribution < -0.4 is 0 Å². The highest BCUT2D eigenvalue weighted by Crippen LogP contribution is 2.40. The topological polar surface area (TPSA) is 103 Å². The maximum Gasteiger partial charge on any atom is 0.611 e. The van der Waals surface area contributed by atoms with Gasteiger partial charge in [-0.05, 0) is 125 Å². The maximum atomic E-state index is 12.2. The van der Waals surface area contributed by atoms with Gasteiger partial charge in [0.05, 0.1) is 29.2 Å². The summed E-state index contributed by atoms with van der Waals surface area (Å²) in [4.78, 5) is 35.9. The van der Waals surface area contributed by atoms with E-state index in [9.17, 15) is 9.59 Å². The second-order valence-electron chi connectivity index (χ2n) is 16.0. The van der Waals surface area contributed by atoms with Gasteiger partial charge >= 0.3 is 19.3 Å². The van der Waals surface area contributed by atoms with Gasteiger partial charge in [-0.15, -0.1) is 0 Å². The zero-order valence-corrected chi connectivity index (χ0v) is 33.7. The number of aryl methyl sites for hydroxylation is 2. The Balaban J connectivity index is 0.000000223. The van der Waals surface area contributed by atoms with Gasteiger partial charge in [0.1, 0.15) is 24.3 Å². The monoisotopic (exact) mass is 755 g/mol. The van der Waals surface area contributed by atoms with Crippen LogP contribution in [-0.4, -0.2) is 87.7 Å². The van der Waals surface area contributed by atoms with E-state index in [0.717, 1.165) is 36.2 Å². The first-order chi connectivity index (χ1) is 23.1. The fraction of sp³-hybridized carbons (Fsp3) is 0.605. The van der Waals surface area contributed by atoms with Crippen molar-refractivity contribution in [3.8, 4) is 0 Å². The van der Waals surface area contributed by atoms with Gasteiger partial charge in [0.25, 0.3) is 0 Å². The second kappa shape index (κ2) is 17.0. The molecule has 2 aromatic heterocycles. The molecule has 3 aliphatic rings. The highest BCUT2D eigenvalue weighted by Gasteiger charge is 2.58. The molecule has 50 heavy (non-hydrogen) atoms. The lowest BCUT2D eigenvalue weighted by atomic mass is 9.70. The minimum atomic E-state index is -0.497. The Hall–Kier alpha value is -3.09. The molecule has 1 unspecified atom stereocenters. The van der Waals surface area contributed by atoms with Gasteiger partial charge < -0.3 is 23.7 Å². The smallest absolute Gasteiger partial charge is 0.444 e. The van der Waals surface area contributed by atoms with Gasteiger partial charge in [-0.3, -0.25) is 14.9 Å². The van der Waals surface area contributed by atoms with Gasteiger partial charge in [0.2, 0.25) is 0 Å². The standard InChI is InChI=1S/C16H27BNO4.C16H24N2O2.C6H6BrN/c1-14(2,3)20-13(19)18-10-8-9-12(11-18)17-21-15(4,5)16(6,7)22-17;1-12-10-17-8-7-14(12)13-6-5-9-18(11-13)15(19)20-16(2,3)4;1-5-4-8-3-2-6(5)7/h8-9H,10-11H2,1-7H3;7-8,10,13H,5-6,9,11H2,1-4H3;2-4H,1H3/q+1;;. The molecule has 2 fully saturated rings. The largest absolute Gasteiger partial charge is 0.611 e. The minimum Gasteiger partial charge on any atom is -0.444 e. The summed E-state index contributed by atoms with van der Waals surface area (Å²) in [6.45, 7) is 26.0. The number of piperidine rings is 1. The summed E-state index contributed by atoms with van der Waals surface area (Å²) in [7, 11) is -0.425. The molecular weight excluding hydrogens is 699 g/mol. The molecule has 0 N–H and O–H groups in total. The van der Waals surface area contributed by atoms with E-state index in [1.165, 1.54) is 16.7 Å². The summed E-state index contributed by atoms with van der Waals surface area (Å²) in [6.07, 6.45) is 12.9. The summed E-state index contributed by atoms with van der Waals surface area (Å²) >= 11 is 3.36. The Morgan fingerprint density at radius 2 is 1.44 bits per heavy atom. The second-order valence-corrected chi connectivity index (χ2v) is 16.9. The van der Waals surface area contributed by atoms with Gasteiger partial charge in [-0.2, -0.15) is 0 Å². The number of carbonyl (C=O) groups excluding carboxylic acids is 2. The van der Waals surface area contributed by atoms with Gasteiger partial charge in [0, 0.05) is 48.3 Å². The van der Waals surface area contributed by atoms with E-state index in [4.69, 9.17) is 18.8 Å². The lowest BCUT2D eigenvalue weighted by Gasteiger charge is -2.34. The number of nitrogens with zero attached hydrogens (tertiary/aromatic N) is 4. The number of ether oxygens (including phenoxy) is 2. The minimum absolute atomic E-state index is 0.200. The predicted octanol–water partition coefficient (Wildman–Crippen LogP) is 8.66. The molecule has 2 aromatic rings. The molecule has 0 saturated carbocycles. The Morgan fingerprint density at radius 1 is 0.900 bits per heavy atom. The molecule has 0 spiro atoms. The van der Waals surface area contributed by atoms with Crippen molar-refractivity contribution in [2.75, 3.05) is 26.2 Å². The highest BCUT2D eigenvalue weighted by molar-refractivity contribution is 9.10. The van der Waals surface area contributed by atoms with Crippen LogP contribution in [0.15, 0.2) is 53.5 Å². The molecule has 1 atom stereocenters. The molecule has 5 heterocycles. The number of halogens is 1. The Bertz CT molecular complexity index is 1430. The molecule has 12 heteroatoms. The third-order valence-corrected chi connectivity index (χ3v) is 9.66. The molecule has 10 nitrogen and oxygen atoms in total. The fourth-order valence-electron chi connectivity index (χ4n) is 5.40. The van der Waals surface area contributed by atoms with Crippen LogP contribution in [0.2, 0.25) is 0 Å². The summed E-state index contributed by atoms with van der Waals surface area (Å²) < 4.78 is 24.1. The summed E-state index contributed by atoms with van der Waals surface area (Å²) in [5.74, 6) is 1.33. The lowest BCUT2D eigenvalue weighted by molar-refractivity contribution is 0.00578. The van der Waals surface area contributed by atoms with E-state index in [1.807, 2.05) is 118 Å². The number of rotatable bonds is 2. The van der Waals surface area contributed by atoms with Crippen LogP contribution >= 0.6 is 15.9 Å². The zero-order valence-electron chi connectivity index (χ0n) is 32.1. The molecule has 0 aromatic carbocycles. The number of aromatic nitrogens is 2. The normalized spacial score (nSPS) is 19.9. The molecule has 0 bridgehead atoms. The van der Waals surface area contributed by atoms with Crippen molar-refractivity contribution in [3.63, 3.8) is 0 Å². The van der Waals surface area contributed by atoms with E-state index in [0.29, 0.717) is 19.0 Å². The third kappa shape index (κ3) is 12.3. The van der Waals surface area contributed by atoms with Crippen molar-refractivity contribution < 1.29 is 28.4 Å². The molecule has 5 rings (SSSR count). The summed E-state index contributed by atoms with van der Waals surface area (Å²) in [6, 6.07) is 3.99. The fourth-order valence-corrected chi connectivity index (χ4v) is 5.62. The van der Waals surface area contributed by atoms with E-state index < -0.39 is 18.3 Å². The van der Waals surface area contributed by atoms with Crippen molar-refractivity contribution in [2.24, 2.45) is 0 Å². The van der Waals surface area contributed by atoms with Crippen molar-refractivity contribution in [1.29, 1.82) is 0 Å². The zero-order chi connectivity index (χ0) is 37.5. The van der Waals surface area contributed by atoms with Gasteiger partial charge in [-0.25, -0.2) is 9.59 Å². The van der Waals surface area contributed by atoms with E-state index in [2.05, 4.69) is 38.9 Å². The maximum absolute atomic E-state index is 12.2. The van der Waals surface area contributed by atoms with Crippen LogP contribution in [-0.2, 0) is 18.8 Å². The first kappa shape index (κ1) is 41.3. The van der Waals surface area contributed by atoms with E-state index >= 15 is 0 Å². The number of hydrogen-bond acceptors (Lipinski definition) is 8. The van der Waals surface area contributed by atoms with Gasteiger partial charge in [0.15, 0.2) is 0 Å². The average molecular weight is 757 g/mol. The van der Waals surface area contributed by atoms with Crippen LogP contribution in [0.4, 0.5) is 9.59 Å². The van der Waals surface area contributed by atoms with Crippen LogP contribution in [0.25, 0.3) is 0 Å². The van der Waals surface area contributed by atoms with Crippen molar-refractivity contribution in [1.82, 2.24) is 19.8 Å². The molecule has 3 aliphatic heterocycles. The Labute approximate surface area is 309 Å². The summed E-state index contributed by atoms with van der Waals surface area (Å²) in [5, 5.41) is 0. The number of amides is 2. The number of likely N-dealkylation sites (tertiary alicyclic amines) is 1. The molecule has 0 radical (unpaired) electrons. The summed E-state index contributed by atoms with van der Waals surface area (Å²) in [5.41, 5.74) is 1.97.